The number of nitrogens with zero attached hydrogens (tertiary/aromatic N) is 4. The maximum Gasteiger partial charge on any atom is 0.300 e. The predicted octanol–water partition coefficient (Wildman–Crippen LogP) is 2.95. The summed E-state index contributed by atoms with van der Waals surface area (Å²) in [4.78, 5) is 23.6. The van der Waals surface area contributed by atoms with Gasteiger partial charge in [0.2, 0.25) is 11.4 Å². The van der Waals surface area contributed by atoms with Gasteiger partial charge in [-0.1, -0.05) is 6.07 Å². The van der Waals surface area contributed by atoms with E-state index >= 15 is 0 Å². The highest BCUT2D eigenvalue weighted by Crippen LogP contribution is 2.35. The molecule has 1 amide bonds. The Hall–Kier alpha value is -3.36. The zero-order valence-corrected chi connectivity index (χ0v) is 11.8. The number of anilines is 2. The maximum atomic E-state index is 13.5. The number of halogens is 1. The third-order valence-electron chi connectivity index (χ3n) is 3.19. The van der Waals surface area contributed by atoms with Crippen LogP contribution < -0.4 is 4.90 Å². The molecule has 0 saturated heterocycles. The first kappa shape index (κ1) is 14.6. The smallest absolute Gasteiger partial charge is 0.279 e. The lowest BCUT2D eigenvalue weighted by molar-refractivity contribution is -0.383. The van der Waals surface area contributed by atoms with Crippen molar-refractivity contribution in [1.29, 1.82) is 0 Å². The molecular weight excluding hydrogens is 307 g/mol. The van der Waals surface area contributed by atoms with Crippen molar-refractivity contribution in [2.75, 3.05) is 4.90 Å². The lowest BCUT2D eigenvalue weighted by Gasteiger charge is -2.21. The molecule has 23 heavy (non-hydrogen) atoms. The molecule has 3 rings (SSSR count). The summed E-state index contributed by atoms with van der Waals surface area (Å²) in [5.41, 5.74) is 0.127. The van der Waals surface area contributed by atoms with Crippen LogP contribution in [0.15, 0.2) is 41.0 Å². The Morgan fingerprint density at radius 3 is 2.65 bits per heavy atom. The summed E-state index contributed by atoms with van der Waals surface area (Å²) >= 11 is 0. The number of amides is 1. The van der Waals surface area contributed by atoms with Crippen LogP contribution >= 0.6 is 0 Å². The molecule has 0 radical (unpaired) electrons. The Morgan fingerprint density at radius 2 is 2.00 bits per heavy atom. The van der Waals surface area contributed by atoms with Gasteiger partial charge in [0.25, 0.3) is 0 Å². The molecule has 0 aliphatic heterocycles. The van der Waals surface area contributed by atoms with Gasteiger partial charge in [-0.05, 0) is 34.6 Å². The first-order valence-electron chi connectivity index (χ1n) is 6.45. The van der Waals surface area contributed by atoms with Crippen LogP contribution in [0.25, 0.3) is 11.0 Å². The molecule has 0 aliphatic carbocycles. The monoisotopic (exact) mass is 316 g/mol. The van der Waals surface area contributed by atoms with Gasteiger partial charge < -0.3 is 0 Å². The van der Waals surface area contributed by atoms with E-state index in [1.54, 1.807) is 0 Å². The molecule has 116 valence electrons. The van der Waals surface area contributed by atoms with Crippen LogP contribution in [0.1, 0.15) is 6.92 Å². The second-order valence-corrected chi connectivity index (χ2v) is 4.66. The van der Waals surface area contributed by atoms with E-state index in [2.05, 4.69) is 14.9 Å². The van der Waals surface area contributed by atoms with Crippen molar-refractivity contribution in [2.24, 2.45) is 0 Å². The van der Waals surface area contributed by atoms with Crippen molar-refractivity contribution >= 4 is 34.0 Å². The van der Waals surface area contributed by atoms with E-state index in [0.29, 0.717) is 0 Å². The van der Waals surface area contributed by atoms with E-state index in [1.807, 2.05) is 0 Å². The Balaban J connectivity index is 2.24. The van der Waals surface area contributed by atoms with Crippen molar-refractivity contribution < 1.29 is 18.7 Å². The highest BCUT2D eigenvalue weighted by atomic mass is 19.1. The number of nitro groups is 1. The average molecular weight is 316 g/mol. The van der Waals surface area contributed by atoms with Crippen molar-refractivity contribution in [1.82, 2.24) is 10.3 Å². The van der Waals surface area contributed by atoms with Gasteiger partial charge >= 0.3 is 5.69 Å². The summed E-state index contributed by atoms with van der Waals surface area (Å²) in [6.45, 7) is 1.28. The standard InChI is InChI=1S/C14H9FN4O4/c1-8(20)18(10-4-2-3-9(15)7-10)11-5-6-12(19(21)22)14-13(11)16-23-17-14/h2-7H,1H3. The summed E-state index contributed by atoms with van der Waals surface area (Å²) in [5.74, 6) is -0.945. The number of carbonyl (C=O) groups is 1. The fourth-order valence-electron chi connectivity index (χ4n) is 2.27. The maximum absolute atomic E-state index is 13.5. The third kappa shape index (κ3) is 2.48. The summed E-state index contributed by atoms with van der Waals surface area (Å²) in [7, 11) is 0. The van der Waals surface area contributed by atoms with Gasteiger partial charge in [-0.2, -0.15) is 0 Å². The number of aromatic nitrogens is 2. The van der Waals surface area contributed by atoms with Crippen molar-refractivity contribution in [2.45, 2.75) is 6.92 Å². The Morgan fingerprint density at radius 1 is 1.26 bits per heavy atom. The minimum absolute atomic E-state index is 0.0404. The lowest BCUT2D eigenvalue weighted by atomic mass is 10.2. The van der Waals surface area contributed by atoms with Crippen molar-refractivity contribution in [3.8, 4) is 0 Å². The fourth-order valence-corrected chi connectivity index (χ4v) is 2.27. The van der Waals surface area contributed by atoms with Gasteiger partial charge in [0.15, 0.2) is 5.52 Å². The molecule has 1 heterocycles. The first-order chi connectivity index (χ1) is 11.0. The normalized spacial score (nSPS) is 10.7. The molecule has 9 heteroatoms. The van der Waals surface area contributed by atoms with E-state index in [0.717, 1.165) is 0 Å². The van der Waals surface area contributed by atoms with Crippen LogP contribution in [0.5, 0.6) is 0 Å². The molecule has 0 atom stereocenters. The molecule has 2 aromatic carbocycles. The Labute approximate surface area is 128 Å². The van der Waals surface area contributed by atoms with Crippen LogP contribution in [0.4, 0.5) is 21.5 Å². The minimum atomic E-state index is -0.628. The topological polar surface area (TPSA) is 102 Å². The molecule has 8 nitrogen and oxygen atoms in total. The molecular formula is C14H9FN4O4. The Kier molecular flexibility index (Phi) is 3.45. The van der Waals surface area contributed by atoms with Crippen molar-refractivity contribution in [3.63, 3.8) is 0 Å². The van der Waals surface area contributed by atoms with Crippen LogP contribution in [-0.4, -0.2) is 21.1 Å². The summed E-state index contributed by atoms with van der Waals surface area (Å²) < 4.78 is 18.0. The molecule has 0 unspecified atom stereocenters. The van der Waals surface area contributed by atoms with E-state index in [4.69, 9.17) is 0 Å². The second kappa shape index (κ2) is 5.44. The number of hydrogen-bond acceptors (Lipinski definition) is 6. The number of carbonyl (C=O) groups excluding carboxylic acids is 1. The van der Waals surface area contributed by atoms with Gasteiger partial charge in [-0.15, -0.1) is 0 Å². The first-order valence-corrected chi connectivity index (χ1v) is 6.45. The quantitative estimate of drug-likeness (QED) is 0.543. The third-order valence-corrected chi connectivity index (χ3v) is 3.19. The number of hydrogen-bond donors (Lipinski definition) is 0. The molecule has 0 N–H and O–H groups in total. The zero-order chi connectivity index (χ0) is 16.6. The summed E-state index contributed by atoms with van der Waals surface area (Å²) in [6, 6.07) is 7.93. The molecule has 0 bridgehead atoms. The Bertz CT molecular complexity index is 924. The largest absolute Gasteiger partial charge is 0.300 e. The number of benzene rings is 2. The zero-order valence-electron chi connectivity index (χ0n) is 11.8. The summed E-state index contributed by atoms with van der Waals surface area (Å²) in [6.07, 6.45) is 0. The van der Waals surface area contributed by atoms with E-state index in [1.165, 1.54) is 48.2 Å². The average Bonchev–Trinajstić information content (AvgIpc) is 2.96. The number of non-ortho nitro benzene ring substituents is 1. The van der Waals surface area contributed by atoms with Crippen LogP contribution in [-0.2, 0) is 4.79 Å². The number of nitro benzene ring substituents is 1. The molecule has 1 aromatic heterocycles. The predicted molar refractivity (Wildman–Crippen MR) is 77.7 cm³/mol. The molecule has 0 spiro atoms. The van der Waals surface area contributed by atoms with Crippen molar-refractivity contribution in [3.05, 3.63) is 52.3 Å². The molecule has 0 saturated carbocycles. The number of fused-ring (bicyclic) bond motifs is 1. The van der Waals surface area contributed by atoms with Crippen LogP contribution in [0.3, 0.4) is 0 Å². The highest BCUT2D eigenvalue weighted by molar-refractivity contribution is 6.07. The molecule has 3 aromatic rings. The SMILES string of the molecule is CC(=O)N(c1cccc(F)c1)c1ccc([N+](=O)[O-])c2nonc12. The lowest BCUT2D eigenvalue weighted by Crippen LogP contribution is -2.23. The highest BCUT2D eigenvalue weighted by Gasteiger charge is 2.25. The molecule has 0 aliphatic rings. The summed E-state index contributed by atoms with van der Waals surface area (Å²) in [5, 5.41) is 18.2. The van der Waals surface area contributed by atoms with Gasteiger partial charge in [-0.25, -0.2) is 9.02 Å². The van der Waals surface area contributed by atoms with E-state index in [-0.39, 0.29) is 28.1 Å². The van der Waals surface area contributed by atoms with Gasteiger partial charge in [-0.3, -0.25) is 19.8 Å². The fraction of sp³-hybridized carbons (Fsp3) is 0.0714. The van der Waals surface area contributed by atoms with Gasteiger partial charge in [0.1, 0.15) is 5.82 Å². The van der Waals surface area contributed by atoms with Gasteiger partial charge in [0.05, 0.1) is 16.3 Å². The molecule has 0 fully saturated rings. The second-order valence-electron chi connectivity index (χ2n) is 4.66. The van der Waals surface area contributed by atoms with E-state index in [9.17, 15) is 19.3 Å². The number of rotatable bonds is 3. The van der Waals surface area contributed by atoms with Crippen LogP contribution in [0.2, 0.25) is 0 Å². The minimum Gasteiger partial charge on any atom is -0.279 e. The van der Waals surface area contributed by atoms with Gasteiger partial charge in [0, 0.05) is 13.0 Å². The van der Waals surface area contributed by atoms with Crippen LogP contribution in [0, 0.1) is 15.9 Å². The van der Waals surface area contributed by atoms with E-state index < -0.39 is 16.6 Å².